The van der Waals surface area contributed by atoms with Crippen molar-refractivity contribution in [3.63, 3.8) is 0 Å². The minimum atomic E-state index is 0.103. The summed E-state index contributed by atoms with van der Waals surface area (Å²) in [4.78, 5) is 12.0. The molecule has 0 aromatic heterocycles. The molecular weight excluding hydrogens is 224 g/mol. The maximum Gasteiger partial charge on any atom is 0.229 e. The zero-order valence-electron chi connectivity index (χ0n) is 8.79. The highest BCUT2D eigenvalue weighted by atomic mass is 35.5. The lowest BCUT2D eigenvalue weighted by Crippen LogP contribution is -2.30. The van der Waals surface area contributed by atoms with Gasteiger partial charge in [0.1, 0.15) is 0 Å². The molecule has 2 unspecified atom stereocenters. The van der Waals surface area contributed by atoms with E-state index in [0.717, 1.165) is 30.6 Å². The fourth-order valence-electron chi connectivity index (χ4n) is 2.62. The number of amides is 1. The van der Waals surface area contributed by atoms with Crippen LogP contribution in [0, 0.1) is 5.92 Å². The molecule has 1 aromatic rings. The molecule has 2 aliphatic rings. The summed E-state index contributed by atoms with van der Waals surface area (Å²) in [5, 5.41) is 7.03. The fraction of sp³-hybridized carbons (Fsp3) is 0.417. The Bertz CT molecular complexity index is 447. The van der Waals surface area contributed by atoms with Gasteiger partial charge in [0, 0.05) is 11.1 Å². The molecule has 1 aliphatic heterocycles. The highest BCUT2D eigenvalue weighted by Crippen LogP contribution is 2.36. The molecule has 16 heavy (non-hydrogen) atoms. The second-order valence-electron chi connectivity index (χ2n) is 4.47. The summed E-state index contributed by atoms with van der Waals surface area (Å²) in [6, 6.07) is 5.85. The van der Waals surface area contributed by atoms with Gasteiger partial charge in [0.25, 0.3) is 0 Å². The molecule has 4 heteroatoms. The van der Waals surface area contributed by atoms with Crippen molar-refractivity contribution >= 4 is 28.9 Å². The second kappa shape index (κ2) is 3.67. The van der Waals surface area contributed by atoms with Gasteiger partial charge in [-0.2, -0.15) is 0 Å². The van der Waals surface area contributed by atoms with Crippen molar-refractivity contribution in [1.29, 1.82) is 0 Å². The first-order valence-corrected chi connectivity index (χ1v) is 5.99. The second-order valence-corrected chi connectivity index (χ2v) is 4.90. The van der Waals surface area contributed by atoms with E-state index in [1.54, 1.807) is 6.07 Å². The van der Waals surface area contributed by atoms with Crippen LogP contribution in [0.25, 0.3) is 0 Å². The summed E-state index contributed by atoms with van der Waals surface area (Å²) in [5.74, 6) is 0.224. The van der Waals surface area contributed by atoms with Gasteiger partial charge in [-0.1, -0.05) is 18.0 Å². The average molecular weight is 237 g/mol. The Hall–Kier alpha value is -1.22. The van der Waals surface area contributed by atoms with E-state index in [4.69, 9.17) is 11.6 Å². The van der Waals surface area contributed by atoms with E-state index in [1.807, 2.05) is 12.1 Å². The van der Waals surface area contributed by atoms with Crippen molar-refractivity contribution in [3.05, 3.63) is 23.2 Å². The monoisotopic (exact) mass is 236 g/mol. The van der Waals surface area contributed by atoms with E-state index in [0.29, 0.717) is 5.02 Å². The first kappa shape index (κ1) is 9.97. The topological polar surface area (TPSA) is 41.1 Å². The Morgan fingerprint density at radius 3 is 3.00 bits per heavy atom. The average Bonchev–Trinajstić information content (AvgIpc) is 2.65. The summed E-state index contributed by atoms with van der Waals surface area (Å²) >= 11 is 5.92. The van der Waals surface area contributed by atoms with Gasteiger partial charge >= 0.3 is 0 Å². The van der Waals surface area contributed by atoms with Gasteiger partial charge in [0.15, 0.2) is 0 Å². The number of carbonyl (C=O) groups excluding carboxylic acids is 1. The third-order valence-electron chi connectivity index (χ3n) is 3.43. The molecule has 3 rings (SSSR count). The summed E-state index contributed by atoms with van der Waals surface area (Å²) in [6.45, 7) is 0. The lowest BCUT2D eigenvalue weighted by molar-refractivity contribution is -0.119. The zero-order valence-corrected chi connectivity index (χ0v) is 9.55. The predicted molar refractivity (Wildman–Crippen MR) is 64.8 cm³/mol. The molecule has 0 spiro atoms. The number of fused-ring (bicyclic) bond motifs is 2. The van der Waals surface area contributed by atoms with Crippen molar-refractivity contribution in [2.45, 2.75) is 25.3 Å². The van der Waals surface area contributed by atoms with Crippen molar-refractivity contribution in [1.82, 2.24) is 0 Å². The van der Waals surface area contributed by atoms with E-state index in [9.17, 15) is 4.79 Å². The van der Waals surface area contributed by atoms with Crippen LogP contribution < -0.4 is 10.6 Å². The zero-order chi connectivity index (χ0) is 11.1. The van der Waals surface area contributed by atoms with Gasteiger partial charge < -0.3 is 10.6 Å². The Morgan fingerprint density at radius 2 is 2.12 bits per heavy atom. The molecular formula is C12H13ClN2O. The van der Waals surface area contributed by atoms with Crippen LogP contribution in [0.15, 0.2) is 18.2 Å². The highest BCUT2D eigenvalue weighted by molar-refractivity contribution is 6.31. The molecule has 2 N–H and O–H groups in total. The minimum absolute atomic E-state index is 0.103. The fourth-order valence-corrected chi connectivity index (χ4v) is 2.79. The molecule has 1 aliphatic carbocycles. The van der Waals surface area contributed by atoms with Gasteiger partial charge in [-0.05, 0) is 31.0 Å². The van der Waals surface area contributed by atoms with Gasteiger partial charge in [-0.25, -0.2) is 0 Å². The van der Waals surface area contributed by atoms with E-state index in [2.05, 4.69) is 10.6 Å². The molecule has 1 heterocycles. The molecule has 1 amide bonds. The summed E-state index contributed by atoms with van der Waals surface area (Å²) in [7, 11) is 0. The summed E-state index contributed by atoms with van der Waals surface area (Å²) in [5.41, 5.74) is 1.78. The van der Waals surface area contributed by atoms with Crippen molar-refractivity contribution < 1.29 is 4.79 Å². The predicted octanol–water partition coefficient (Wildman–Crippen LogP) is 2.87. The van der Waals surface area contributed by atoms with Crippen LogP contribution >= 0.6 is 11.6 Å². The van der Waals surface area contributed by atoms with Crippen LogP contribution in [0.4, 0.5) is 11.4 Å². The lowest BCUT2D eigenvalue weighted by atomic mass is 10.0. The number of rotatable bonds is 0. The first-order valence-electron chi connectivity index (χ1n) is 5.61. The maximum absolute atomic E-state index is 12.0. The van der Waals surface area contributed by atoms with Gasteiger partial charge in [0.2, 0.25) is 5.91 Å². The highest BCUT2D eigenvalue weighted by Gasteiger charge is 2.35. The number of nitrogens with one attached hydrogen (secondary N) is 2. The van der Waals surface area contributed by atoms with Crippen molar-refractivity contribution in [3.8, 4) is 0 Å². The molecule has 2 atom stereocenters. The van der Waals surface area contributed by atoms with E-state index in [1.165, 1.54) is 0 Å². The van der Waals surface area contributed by atoms with Crippen molar-refractivity contribution in [2.75, 3.05) is 10.6 Å². The third kappa shape index (κ3) is 1.55. The van der Waals surface area contributed by atoms with E-state index in [-0.39, 0.29) is 17.9 Å². The molecule has 84 valence electrons. The smallest absolute Gasteiger partial charge is 0.229 e. The minimum Gasteiger partial charge on any atom is -0.380 e. The molecule has 0 bridgehead atoms. The van der Waals surface area contributed by atoms with Gasteiger partial charge in [-0.15, -0.1) is 0 Å². The molecule has 3 nitrogen and oxygen atoms in total. The molecule has 0 saturated heterocycles. The number of hydrogen-bond acceptors (Lipinski definition) is 2. The number of hydrogen-bond donors (Lipinski definition) is 2. The Labute approximate surface area is 99.2 Å². The lowest BCUT2D eigenvalue weighted by Gasteiger charge is -2.16. The SMILES string of the molecule is O=C1Nc2cc(Cl)ccc2NC2CCCC12. The van der Waals surface area contributed by atoms with Crippen LogP contribution in [0.5, 0.6) is 0 Å². The van der Waals surface area contributed by atoms with Crippen LogP contribution in [0.2, 0.25) is 5.02 Å². The summed E-state index contributed by atoms with van der Waals surface area (Å²) in [6.07, 6.45) is 3.17. The number of benzene rings is 1. The first-order chi connectivity index (χ1) is 7.74. The molecule has 0 radical (unpaired) electrons. The Balaban J connectivity index is 2.01. The van der Waals surface area contributed by atoms with Crippen LogP contribution in [0.1, 0.15) is 19.3 Å². The van der Waals surface area contributed by atoms with Gasteiger partial charge in [0.05, 0.1) is 17.3 Å². The summed E-state index contributed by atoms with van der Waals surface area (Å²) < 4.78 is 0. The van der Waals surface area contributed by atoms with Crippen molar-refractivity contribution in [2.24, 2.45) is 5.92 Å². The van der Waals surface area contributed by atoms with E-state index < -0.39 is 0 Å². The Morgan fingerprint density at radius 1 is 1.25 bits per heavy atom. The normalized spacial score (nSPS) is 27.4. The largest absolute Gasteiger partial charge is 0.380 e. The molecule has 1 fully saturated rings. The van der Waals surface area contributed by atoms with Crippen LogP contribution in [-0.4, -0.2) is 11.9 Å². The number of halogens is 1. The van der Waals surface area contributed by atoms with Crippen LogP contribution in [-0.2, 0) is 4.79 Å². The number of carbonyl (C=O) groups is 1. The molecule has 1 aromatic carbocycles. The number of anilines is 2. The standard InChI is InChI=1S/C12H13ClN2O/c13-7-4-5-10-11(6-7)15-12(16)8-2-1-3-9(8)14-10/h4-6,8-9,14H,1-3H2,(H,15,16). The quantitative estimate of drug-likeness (QED) is 0.727. The van der Waals surface area contributed by atoms with Gasteiger partial charge in [-0.3, -0.25) is 4.79 Å². The maximum atomic E-state index is 12.0. The molecule has 1 saturated carbocycles. The van der Waals surface area contributed by atoms with Crippen LogP contribution in [0.3, 0.4) is 0 Å². The van der Waals surface area contributed by atoms with E-state index >= 15 is 0 Å². The third-order valence-corrected chi connectivity index (χ3v) is 3.67. The Kier molecular flexibility index (Phi) is 2.28.